The van der Waals surface area contributed by atoms with E-state index in [-0.39, 0.29) is 19.8 Å². The second-order valence-electron chi connectivity index (χ2n) is 12.7. The van der Waals surface area contributed by atoms with Crippen LogP contribution in [0.1, 0.15) is 47.8 Å². The van der Waals surface area contributed by atoms with Crippen LogP contribution in [0, 0.1) is 0 Å². The molecule has 0 aromatic heterocycles. The van der Waals surface area contributed by atoms with E-state index in [1.807, 2.05) is 18.2 Å². The van der Waals surface area contributed by atoms with Crippen LogP contribution in [0.2, 0.25) is 0 Å². The molecule has 0 bridgehead atoms. The lowest BCUT2D eigenvalue weighted by molar-refractivity contribution is 0.0725. The highest BCUT2D eigenvalue weighted by Crippen LogP contribution is 2.30. The lowest BCUT2D eigenvalue weighted by atomic mass is 10.1. The van der Waals surface area contributed by atoms with Crippen LogP contribution in [0.15, 0.2) is 182 Å². The van der Waals surface area contributed by atoms with E-state index < -0.39 is 17.9 Å². The molecule has 7 aromatic carbocycles. The van der Waals surface area contributed by atoms with E-state index in [9.17, 15) is 14.4 Å². The van der Waals surface area contributed by atoms with Crippen LogP contribution < -0.4 is 28.4 Å². The van der Waals surface area contributed by atoms with Gasteiger partial charge in [-0.3, -0.25) is 0 Å². The molecule has 57 heavy (non-hydrogen) atoms. The number of ether oxygens (including phenoxy) is 6. The van der Waals surface area contributed by atoms with Crippen molar-refractivity contribution in [2.24, 2.45) is 0 Å². The highest BCUT2D eigenvalue weighted by atomic mass is 16.5. The molecule has 9 nitrogen and oxygen atoms in total. The Hall–Kier alpha value is -7.65. The Labute approximate surface area is 329 Å². The van der Waals surface area contributed by atoms with Crippen molar-refractivity contribution in [2.45, 2.75) is 19.8 Å². The Balaban J connectivity index is 1.01. The summed E-state index contributed by atoms with van der Waals surface area (Å²) in [6, 6.07) is 52.9. The van der Waals surface area contributed by atoms with Crippen LogP contribution in [0.4, 0.5) is 0 Å². The van der Waals surface area contributed by atoms with Crippen molar-refractivity contribution >= 4 is 17.9 Å². The van der Waals surface area contributed by atoms with Crippen LogP contribution in [0.3, 0.4) is 0 Å². The van der Waals surface area contributed by atoms with Crippen molar-refractivity contribution in [3.8, 4) is 34.5 Å². The number of rotatable bonds is 15. The zero-order chi connectivity index (χ0) is 39.2. The maximum Gasteiger partial charge on any atom is 0.343 e. The van der Waals surface area contributed by atoms with Gasteiger partial charge in [-0.1, -0.05) is 91.0 Å². The standard InChI is InChI=1S/C48H36O9/c49-46(55-40-10-4-1-5-11-40)37-22-16-34(17-23-37)31-52-43-28-44(53-32-35-18-24-38(25-19-35)47(50)56-41-12-6-2-7-13-41)30-45(29-43)54-33-36-20-26-39(27-21-36)48(51)57-42-14-8-3-9-15-42/h1-30H,31-33H2. The Morgan fingerprint density at radius 3 is 0.789 bits per heavy atom. The molecular formula is C48H36O9. The third-order valence-electron chi connectivity index (χ3n) is 8.50. The van der Waals surface area contributed by atoms with Crippen LogP contribution >= 0.6 is 0 Å². The zero-order valence-corrected chi connectivity index (χ0v) is 30.6. The topological polar surface area (TPSA) is 107 Å². The first-order valence-corrected chi connectivity index (χ1v) is 18.1. The average molecular weight is 757 g/mol. The summed E-state index contributed by atoms with van der Waals surface area (Å²) in [5.41, 5.74) is 3.73. The summed E-state index contributed by atoms with van der Waals surface area (Å²) >= 11 is 0. The number of benzene rings is 7. The molecule has 0 amide bonds. The predicted molar refractivity (Wildman–Crippen MR) is 213 cm³/mol. The Kier molecular flexibility index (Phi) is 12.3. The minimum Gasteiger partial charge on any atom is -0.489 e. The summed E-state index contributed by atoms with van der Waals surface area (Å²) < 4.78 is 34.9. The molecule has 0 heterocycles. The van der Waals surface area contributed by atoms with Gasteiger partial charge in [-0.25, -0.2) is 14.4 Å². The van der Waals surface area contributed by atoms with Crippen molar-refractivity contribution < 1.29 is 42.8 Å². The van der Waals surface area contributed by atoms with Crippen LogP contribution in [0.25, 0.3) is 0 Å². The summed E-state index contributed by atoms with van der Waals surface area (Å²) in [5.74, 6) is 1.52. The van der Waals surface area contributed by atoms with Gasteiger partial charge in [-0.05, 0) is 89.5 Å². The third-order valence-corrected chi connectivity index (χ3v) is 8.50. The lowest BCUT2D eigenvalue weighted by Gasteiger charge is -2.14. The normalized spacial score (nSPS) is 10.5. The molecule has 0 saturated heterocycles. The first kappa shape index (κ1) is 37.7. The molecule has 7 aromatic rings. The van der Waals surface area contributed by atoms with Gasteiger partial charge in [-0.2, -0.15) is 0 Å². The second-order valence-corrected chi connectivity index (χ2v) is 12.7. The fourth-order valence-electron chi connectivity index (χ4n) is 5.47. The largest absolute Gasteiger partial charge is 0.489 e. The summed E-state index contributed by atoms with van der Waals surface area (Å²) in [6.45, 7) is 0.619. The van der Waals surface area contributed by atoms with Gasteiger partial charge in [0.2, 0.25) is 0 Å². The van der Waals surface area contributed by atoms with Gasteiger partial charge in [0.1, 0.15) is 54.3 Å². The molecule has 7 rings (SSSR count). The van der Waals surface area contributed by atoms with Gasteiger partial charge in [0.25, 0.3) is 0 Å². The molecule has 0 saturated carbocycles. The van der Waals surface area contributed by atoms with E-state index in [1.165, 1.54) is 0 Å². The van der Waals surface area contributed by atoms with E-state index in [2.05, 4.69) is 0 Å². The number of hydrogen-bond acceptors (Lipinski definition) is 9. The van der Waals surface area contributed by atoms with Crippen molar-refractivity contribution in [3.63, 3.8) is 0 Å². The van der Waals surface area contributed by atoms with Gasteiger partial charge in [0.05, 0.1) is 16.7 Å². The summed E-state index contributed by atoms with van der Waals surface area (Å²) in [4.78, 5) is 37.8. The van der Waals surface area contributed by atoms with Gasteiger partial charge in [-0.15, -0.1) is 0 Å². The highest BCUT2D eigenvalue weighted by molar-refractivity contribution is 5.92. The molecule has 0 aliphatic rings. The Morgan fingerprint density at radius 1 is 0.298 bits per heavy atom. The van der Waals surface area contributed by atoms with Crippen molar-refractivity contribution in [2.75, 3.05) is 0 Å². The second kappa shape index (κ2) is 18.6. The molecule has 0 aliphatic heterocycles. The van der Waals surface area contributed by atoms with E-state index >= 15 is 0 Å². The third kappa shape index (κ3) is 11.0. The number of para-hydroxylation sites is 3. The van der Waals surface area contributed by atoms with Crippen LogP contribution in [-0.2, 0) is 19.8 Å². The van der Waals surface area contributed by atoms with Crippen molar-refractivity contribution in [1.82, 2.24) is 0 Å². The first-order valence-electron chi connectivity index (χ1n) is 18.1. The van der Waals surface area contributed by atoms with E-state index in [4.69, 9.17) is 28.4 Å². The summed E-state index contributed by atoms with van der Waals surface area (Å²) in [5, 5.41) is 0. The molecule has 282 valence electrons. The fourth-order valence-corrected chi connectivity index (χ4v) is 5.47. The molecule has 0 radical (unpaired) electrons. The average Bonchev–Trinajstić information content (AvgIpc) is 3.26. The fraction of sp³-hybridized carbons (Fsp3) is 0.0625. The molecule has 9 heteroatoms. The SMILES string of the molecule is O=C(Oc1ccccc1)c1ccc(COc2cc(OCc3ccc(C(=O)Oc4ccccc4)cc3)cc(OCc3ccc(C(=O)Oc4ccccc4)cc3)c2)cc1. The van der Waals surface area contributed by atoms with Crippen LogP contribution in [0.5, 0.6) is 34.5 Å². The molecule has 0 spiro atoms. The van der Waals surface area contributed by atoms with E-state index in [1.54, 1.807) is 164 Å². The monoisotopic (exact) mass is 756 g/mol. The highest BCUT2D eigenvalue weighted by Gasteiger charge is 2.13. The molecule has 0 N–H and O–H groups in total. The first-order chi connectivity index (χ1) is 27.9. The maximum atomic E-state index is 12.6. The molecular weight excluding hydrogens is 721 g/mol. The van der Waals surface area contributed by atoms with E-state index in [0.717, 1.165) is 16.7 Å². The summed E-state index contributed by atoms with van der Waals surface area (Å²) in [6.07, 6.45) is 0. The Morgan fingerprint density at radius 2 is 0.544 bits per heavy atom. The minimum absolute atomic E-state index is 0.206. The summed E-state index contributed by atoms with van der Waals surface area (Å²) in [7, 11) is 0. The number of carbonyl (C=O) groups is 3. The smallest absolute Gasteiger partial charge is 0.343 e. The molecule has 0 fully saturated rings. The van der Waals surface area contributed by atoms with Crippen LogP contribution in [-0.4, -0.2) is 17.9 Å². The molecule has 0 aliphatic carbocycles. The maximum absolute atomic E-state index is 12.6. The quantitative estimate of drug-likeness (QED) is 0.0746. The number of carbonyl (C=O) groups excluding carboxylic acids is 3. The van der Waals surface area contributed by atoms with Gasteiger partial charge in [0.15, 0.2) is 0 Å². The molecule has 0 unspecified atom stereocenters. The van der Waals surface area contributed by atoms with Crippen molar-refractivity contribution in [1.29, 1.82) is 0 Å². The molecule has 0 atom stereocenters. The predicted octanol–water partition coefficient (Wildman–Crippen LogP) is 10.1. The van der Waals surface area contributed by atoms with Gasteiger partial charge in [0, 0.05) is 18.2 Å². The minimum atomic E-state index is -0.455. The van der Waals surface area contributed by atoms with Gasteiger partial charge >= 0.3 is 17.9 Å². The van der Waals surface area contributed by atoms with Crippen molar-refractivity contribution in [3.05, 3.63) is 215 Å². The number of esters is 3. The van der Waals surface area contributed by atoms with Gasteiger partial charge < -0.3 is 28.4 Å². The number of hydrogen-bond donors (Lipinski definition) is 0. The zero-order valence-electron chi connectivity index (χ0n) is 30.6. The Bertz CT molecular complexity index is 2110. The lowest BCUT2D eigenvalue weighted by Crippen LogP contribution is -2.08. The van der Waals surface area contributed by atoms with E-state index in [0.29, 0.717) is 51.2 Å².